The molecule has 1 heterocycles. The van der Waals surface area contributed by atoms with Crippen molar-refractivity contribution in [3.05, 3.63) is 0 Å². The fourth-order valence-corrected chi connectivity index (χ4v) is 2.04. The summed E-state index contributed by atoms with van der Waals surface area (Å²) in [5, 5.41) is 0. The molecule has 0 saturated carbocycles. The molecular weight excluding hydrogens is 192 g/mol. The molecule has 1 unspecified atom stereocenters. The molecular formula is C11H20N2O2. The molecule has 1 atom stereocenters. The van der Waals surface area contributed by atoms with Crippen molar-refractivity contribution in [2.24, 2.45) is 5.73 Å². The molecule has 0 bridgehead atoms. The minimum atomic E-state index is -0.215. The van der Waals surface area contributed by atoms with E-state index in [0.717, 1.165) is 32.1 Å². The number of hydrogen-bond acceptors (Lipinski definition) is 2. The maximum atomic E-state index is 11.3. The second-order valence-corrected chi connectivity index (χ2v) is 4.22. The third-order valence-corrected chi connectivity index (χ3v) is 3.07. The molecule has 1 saturated heterocycles. The number of primary amides is 1. The van der Waals surface area contributed by atoms with Crippen LogP contribution in [0.25, 0.3) is 0 Å². The van der Waals surface area contributed by atoms with Crippen molar-refractivity contribution in [3.8, 4) is 0 Å². The zero-order chi connectivity index (χ0) is 12.0. The Kier molecular flexibility index (Phi) is 4.00. The van der Waals surface area contributed by atoms with Gasteiger partial charge in [0.15, 0.2) is 1.41 Å². The predicted molar refractivity (Wildman–Crippen MR) is 58.1 cm³/mol. The Morgan fingerprint density at radius 1 is 1.60 bits per heavy atom. The Morgan fingerprint density at radius 2 is 2.40 bits per heavy atom. The maximum absolute atomic E-state index is 11.3. The molecule has 2 N–H and O–H groups in total. The van der Waals surface area contributed by atoms with Crippen LogP contribution in [-0.2, 0) is 9.59 Å². The SMILES string of the molecule is [2H]NC(=O)CCCCCC1CCC(=O)N1C. The van der Waals surface area contributed by atoms with Crippen molar-refractivity contribution >= 4 is 11.8 Å². The van der Waals surface area contributed by atoms with Crippen LogP contribution in [0.4, 0.5) is 0 Å². The van der Waals surface area contributed by atoms with Crippen LogP contribution in [0.15, 0.2) is 0 Å². The number of carbonyl (C=O) groups excluding carboxylic acids is 2. The van der Waals surface area contributed by atoms with Gasteiger partial charge in [0, 0.05) is 25.9 Å². The topological polar surface area (TPSA) is 63.4 Å². The van der Waals surface area contributed by atoms with Crippen molar-refractivity contribution < 1.29 is 11.0 Å². The van der Waals surface area contributed by atoms with Gasteiger partial charge in [-0.3, -0.25) is 9.59 Å². The van der Waals surface area contributed by atoms with Gasteiger partial charge < -0.3 is 10.6 Å². The number of unbranched alkanes of at least 4 members (excludes halogenated alkanes) is 2. The third kappa shape index (κ3) is 3.90. The minimum Gasteiger partial charge on any atom is -0.370 e. The Labute approximate surface area is 92.3 Å². The van der Waals surface area contributed by atoms with Gasteiger partial charge in [0.05, 0.1) is 0 Å². The highest BCUT2D eigenvalue weighted by atomic mass is 16.2. The first kappa shape index (κ1) is 10.5. The lowest BCUT2D eigenvalue weighted by molar-refractivity contribution is -0.127. The molecule has 0 spiro atoms. The average molecular weight is 213 g/mol. The van der Waals surface area contributed by atoms with Gasteiger partial charge in [-0.2, -0.15) is 0 Å². The number of rotatable bonds is 6. The standard InChI is InChI=1S/C11H20N2O2/c1-13-9(7-8-11(13)15)5-3-2-4-6-10(12)14/h9H,2-8H2,1H3,(H2,12,14)/i/hD. The number of amides is 2. The molecule has 15 heavy (non-hydrogen) atoms. The van der Waals surface area contributed by atoms with Crippen LogP contribution < -0.4 is 5.73 Å². The number of nitrogens with two attached hydrogens (primary N) is 1. The third-order valence-electron chi connectivity index (χ3n) is 3.07. The van der Waals surface area contributed by atoms with E-state index in [9.17, 15) is 9.59 Å². The summed E-state index contributed by atoms with van der Waals surface area (Å²) in [7, 11) is 1.87. The number of hydrogen-bond donors (Lipinski definition) is 1. The van der Waals surface area contributed by atoms with E-state index in [0.29, 0.717) is 18.9 Å². The number of nitrogens with zero attached hydrogens (tertiary/aromatic N) is 1. The zero-order valence-corrected chi connectivity index (χ0v) is 9.29. The highest BCUT2D eigenvalue weighted by Crippen LogP contribution is 2.21. The molecule has 1 aliphatic heterocycles. The molecule has 2 amide bonds. The number of likely N-dealkylation sites (tertiary alicyclic amines) is 1. The van der Waals surface area contributed by atoms with E-state index in [1.165, 1.54) is 0 Å². The summed E-state index contributed by atoms with van der Waals surface area (Å²) < 4.78 is 6.63. The minimum absolute atomic E-state index is 0.215. The first-order valence-electron chi connectivity index (χ1n) is 6.11. The summed E-state index contributed by atoms with van der Waals surface area (Å²) in [6.07, 6.45) is 5.99. The Balaban J connectivity index is 2.03. The highest BCUT2D eigenvalue weighted by Gasteiger charge is 2.26. The van der Waals surface area contributed by atoms with E-state index in [1.807, 2.05) is 17.7 Å². The Bertz CT molecular complexity index is 258. The van der Waals surface area contributed by atoms with Crippen molar-refractivity contribution in [1.82, 2.24) is 4.90 Å². The monoisotopic (exact) mass is 213 g/mol. The van der Waals surface area contributed by atoms with Crippen molar-refractivity contribution in [2.75, 3.05) is 7.05 Å². The second-order valence-electron chi connectivity index (χ2n) is 4.22. The average Bonchev–Trinajstić information content (AvgIpc) is 2.60. The Morgan fingerprint density at radius 3 is 3.00 bits per heavy atom. The lowest BCUT2D eigenvalue weighted by atomic mass is 10.1. The van der Waals surface area contributed by atoms with Crippen molar-refractivity contribution in [2.45, 2.75) is 51.0 Å². The maximum Gasteiger partial charge on any atom is 0.222 e. The Hall–Kier alpha value is -1.06. The van der Waals surface area contributed by atoms with E-state index in [1.54, 1.807) is 0 Å². The van der Waals surface area contributed by atoms with Crippen LogP contribution in [0.3, 0.4) is 0 Å². The molecule has 1 rings (SSSR count). The van der Waals surface area contributed by atoms with Crippen LogP contribution >= 0.6 is 0 Å². The molecule has 4 heteroatoms. The van der Waals surface area contributed by atoms with Crippen molar-refractivity contribution in [3.63, 3.8) is 0 Å². The van der Waals surface area contributed by atoms with Gasteiger partial charge in [-0.1, -0.05) is 12.8 Å². The van der Waals surface area contributed by atoms with Crippen LogP contribution in [-0.4, -0.2) is 29.8 Å². The van der Waals surface area contributed by atoms with Gasteiger partial charge in [-0.25, -0.2) is 0 Å². The fourth-order valence-electron chi connectivity index (χ4n) is 2.04. The predicted octanol–water partition coefficient (Wildman–Crippen LogP) is 1.04. The quantitative estimate of drug-likeness (QED) is 0.670. The summed E-state index contributed by atoms with van der Waals surface area (Å²) in [5.74, 6) is 0.0340. The van der Waals surface area contributed by atoms with Crippen LogP contribution in [0.5, 0.6) is 0 Å². The summed E-state index contributed by atoms with van der Waals surface area (Å²) >= 11 is 0. The van der Waals surface area contributed by atoms with E-state index >= 15 is 0 Å². The molecule has 1 aliphatic rings. The van der Waals surface area contributed by atoms with E-state index < -0.39 is 0 Å². The van der Waals surface area contributed by atoms with Gasteiger partial charge >= 0.3 is 0 Å². The highest BCUT2D eigenvalue weighted by molar-refractivity contribution is 5.78. The molecule has 4 nitrogen and oxygen atoms in total. The summed E-state index contributed by atoms with van der Waals surface area (Å²) in [6, 6.07) is 0.400. The number of carbonyl (C=O) groups is 2. The van der Waals surface area contributed by atoms with Gasteiger partial charge in [-0.05, 0) is 19.3 Å². The first-order valence-corrected chi connectivity index (χ1v) is 5.61. The van der Waals surface area contributed by atoms with E-state index in [4.69, 9.17) is 1.41 Å². The molecule has 0 aromatic heterocycles. The molecule has 0 aromatic carbocycles. The van der Waals surface area contributed by atoms with Gasteiger partial charge in [0.1, 0.15) is 0 Å². The van der Waals surface area contributed by atoms with Crippen LogP contribution in [0.2, 0.25) is 1.41 Å². The molecule has 0 radical (unpaired) electrons. The zero-order valence-electron chi connectivity index (χ0n) is 10.3. The lowest BCUT2D eigenvalue weighted by Gasteiger charge is -2.19. The smallest absolute Gasteiger partial charge is 0.222 e. The lowest BCUT2D eigenvalue weighted by Crippen LogP contribution is -2.28. The van der Waals surface area contributed by atoms with Gasteiger partial charge in [0.25, 0.3) is 0 Å². The molecule has 86 valence electrons. The normalized spacial score (nSPS) is 21.7. The van der Waals surface area contributed by atoms with Crippen LogP contribution in [0, 0.1) is 0 Å². The summed E-state index contributed by atoms with van der Waals surface area (Å²) in [6.45, 7) is 0. The van der Waals surface area contributed by atoms with Gasteiger partial charge in [0.2, 0.25) is 11.8 Å². The largest absolute Gasteiger partial charge is 0.370 e. The molecule has 0 aromatic rings. The summed E-state index contributed by atoms with van der Waals surface area (Å²) in [5.41, 5.74) is 1.87. The fraction of sp³-hybridized carbons (Fsp3) is 0.818. The summed E-state index contributed by atoms with van der Waals surface area (Å²) in [4.78, 5) is 23.9. The van der Waals surface area contributed by atoms with Gasteiger partial charge in [-0.15, -0.1) is 0 Å². The van der Waals surface area contributed by atoms with E-state index in [-0.39, 0.29) is 11.8 Å². The van der Waals surface area contributed by atoms with Crippen LogP contribution in [0.1, 0.15) is 44.9 Å². The molecule has 1 fully saturated rings. The second kappa shape index (κ2) is 5.73. The first-order chi connectivity index (χ1) is 7.65. The van der Waals surface area contributed by atoms with Crippen molar-refractivity contribution in [1.29, 1.82) is 0 Å². The van der Waals surface area contributed by atoms with E-state index in [2.05, 4.69) is 0 Å². The molecule has 0 aliphatic carbocycles.